The topological polar surface area (TPSA) is 75.2 Å². The van der Waals surface area contributed by atoms with Crippen molar-refractivity contribution in [2.24, 2.45) is 10.2 Å². The lowest BCUT2D eigenvalue weighted by molar-refractivity contribution is -0.133. The number of carbonyl (C=O) groups is 1. The summed E-state index contributed by atoms with van der Waals surface area (Å²) < 4.78 is 5.65. The monoisotopic (exact) mass is 392 g/mol. The van der Waals surface area contributed by atoms with Crippen LogP contribution >= 0.6 is 35.0 Å². The van der Waals surface area contributed by atoms with Crippen molar-refractivity contribution in [2.45, 2.75) is 6.42 Å². The molecule has 2 heterocycles. The minimum atomic E-state index is -0.890. The van der Waals surface area contributed by atoms with Crippen molar-refractivity contribution >= 4 is 51.7 Å². The molecular weight excluding hydrogens is 383 g/mol. The molecule has 0 saturated heterocycles. The van der Waals surface area contributed by atoms with E-state index in [-0.39, 0.29) is 5.75 Å². The highest BCUT2D eigenvalue weighted by Crippen LogP contribution is 2.22. The second kappa shape index (κ2) is 7.79. The third-order valence-electron chi connectivity index (χ3n) is 3.10. The summed E-state index contributed by atoms with van der Waals surface area (Å²) >= 11 is 13.0. The first kappa shape index (κ1) is 17.6. The van der Waals surface area contributed by atoms with Crippen LogP contribution in [0.1, 0.15) is 23.5 Å². The quantitative estimate of drug-likeness (QED) is 0.789. The standard InChI is InChI=1S/C17H10Cl2N2O3S/c18-12-5-2-10(7-13(12)19)1-3-11-4-6-15(24-11)14-8-16(21-20-14)25-9-17(22)23/h2,4-7H,8-9H2,(H,22,23). The first-order chi connectivity index (χ1) is 12.0. The highest BCUT2D eigenvalue weighted by Gasteiger charge is 2.18. The predicted molar refractivity (Wildman–Crippen MR) is 99.8 cm³/mol. The summed E-state index contributed by atoms with van der Waals surface area (Å²) in [4.78, 5) is 10.6. The zero-order chi connectivity index (χ0) is 17.8. The average Bonchev–Trinajstić information content (AvgIpc) is 3.23. The summed E-state index contributed by atoms with van der Waals surface area (Å²) in [5.74, 6) is 5.97. The van der Waals surface area contributed by atoms with E-state index in [1.807, 2.05) is 0 Å². The molecule has 3 rings (SSSR count). The minimum Gasteiger partial charge on any atom is -0.481 e. The van der Waals surface area contributed by atoms with Gasteiger partial charge in [-0.2, -0.15) is 5.10 Å². The summed E-state index contributed by atoms with van der Waals surface area (Å²) in [6.45, 7) is 0. The molecular formula is C17H10Cl2N2O3S. The van der Waals surface area contributed by atoms with Crippen LogP contribution in [0.4, 0.5) is 0 Å². The fraction of sp³-hybridized carbons (Fsp3) is 0.118. The molecule has 1 aromatic heterocycles. The van der Waals surface area contributed by atoms with E-state index < -0.39 is 5.97 Å². The smallest absolute Gasteiger partial charge is 0.313 e. The molecule has 0 spiro atoms. The van der Waals surface area contributed by atoms with Crippen molar-refractivity contribution < 1.29 is 14.3 Å². The normalized spacial score (nSPS) is 13.0. The van der Waals surface area contributed by atoms with Crippen LogP contribution in [-0.2, 0) is 4.79 Å². The second-order valence-corrected chi connectivity index (χ2v) is 6.81. The van der Waals surface area contributed by atoms with E-state index in [2.05, 4.69) is 22.0 Å². The van der Waals surface area contributed by atoms with Gasteiger partial charge in [-0.25, -0.2) is 0 Å². The van der Waals surface area contributed by atoms with Crippen molar-refractivity contribution in [2.75, 3.05) is 5.75 Å². The van der Waals surface area contributed by atoms with Gasteiger partial charge in [-0.05, 0) is 36.3 Å². The number of hydrogen-bond donors (Lipinski definition) is 1. The molecule has 126 valence electrons. The number of furan rings is 1. The van der Waals surface area contributed by atoms with E-state index in [1.54, 1.807) is 30.3 Å². The lowest BCUT2D eigenvalue weighted by Gasteiger charge is -1.96. The van der Waals surface area contributed by atoms with Crippen LogP contribution in [0.5, 0.6) is 0 Å². The van der Waals surface area contributed by atoms with Crippen LogP contribution < -0.4 is 0 Å². The first-order valence-electron chi connectivity index (χ1n) is 7.06. The zero-order valence-electron chi connectivity index (χ0n) is 12.6. The Balaban J connectivity index is 1.65. The molecule has 0 amide bonds. The van der Waals surface area contributed by atoms with E-state index >= 15 is 0 Å². The molecule has 2 aromatic rings. The van der Waals surface area contributed by atoms with Gasteiger partial charge in [0.25, 0.3) is 0 Å². The fourth-order valence-corrected chi connectivity index (χ4v) is 2.88. The van der Waals surface area contributed by atoms with Crippen LogP contribution in [0.3, 0.4) is 0 Å². The van der Waals surface area contributed by atoms with Gasteiger partial charge in [0.2, 0.25) is 0 Å². The lowest BCUT2D eigenvalue weighted by Crippen LogP contribution is -2.04. The van der Waals surface area contributed by atoms with E-state index in [9.17, 15) is 4.79 Å². The molecule has 5 nitrogen and oxygen atoms in total. The summed E-state index contributed by atoms with van der Waals surface area (Å²) in [5, 5.41) is 18.3. The third-order valence-corrected chi connectivity index (χ3v) is 4.79. The largest absolute Gasteiger partial charge is 0.481 e. The van der Waals surface area contributed by atoms with Gasteiger partial charge in [-0.15, -0.1) is 5.10 Å². The number of carboxylic acids is 1. The SMILES string of the molecule is O=C(O)CSC1=NN=C(c2ccc(C#Cc3ccc(Cl)c(Cl)c3)o2)C1. The van der Waals surface area contributed by atoms with Crippen molar-refractivity contribution in [3.05, 3.63) is 57.5 Å². The molecule has 0 radical (unpaired) electrons. The van der Waals surface area contributed by atoms with Gasteiger partial charge in [0.1, 0.15) is 10.8 Å². The molecule has 8 heteroatoms. The molecule has 0 bridgehead atoms. The molecule has 0 fully saturated rings. The van der Waals surface area contributed by atoms with Crippen molar-refractivity contribution in [3.8, 4) is 11.8 Å². The highest BCUT2D eigenvalue weighted by atomic mass is 35.5. The van der Waals surface area contributed by atoms with Gasteiger partial charge in [0, 0.05) is 12.0 Å². The number of aliphatic carboxylic acids is 1. The molecule has 1 aliphatic heterocycles. The molecule has 1 N–H and O–H groups in total. The molecule has 0 aliphatic carbocycles. The third kappa shape index (κ3) is 4.67. The van der Waals surface area contributed by atoms with Gasteiger partial charge in [-0.1, -0.05) is 40.9 Å². The van der Waals surface area contributed by atoms with Crippen LogP contribution in [0.2, 0.25) is 10.0 Å². The number of carboxylic acid groups (broad SMARTS) is 1. The summed E-state index contributed by atoms with van der Waals surface area (Å²) in [7, 11) is 0. The maximum Gasteiger partial charge on any atom is 0.313 e. The van der Waals surface area contributed by atoms with Crippen LogP contribution in [0.15, 0.2) is 45.0 Å². The molecule has 1 aliphatic rings. The number of nitrogens with zero attached hydrogens (tertiary/aromatic N) is 2. The Morgan fingerprint density at radius 3 is 2.80 bits per heavy atom. The number of benzene rings is 1. The van der Waals surface area contributed by atoms with Gasteiger partial charge in [-0.3, -0.25) is 4.79 Å². The minimum absolute atomic E-state index is 0.0415. The maximum absolute atomic E-state index is 10.6. The Labute approximate surface area is 157 Å². The maximum atomic E-state index is 10.6. The fourth-order valence-electron chi connectivity index (χ4n) is 1.96. The number of halogens is 2. The van der Waals surface area contributed by atoms with Gasteiger partial charge in [0.05, 0.1) is 15.8 Å². The first-order valence-corrected chi connectivity index (χ1v) is 8.80. The van der Waals surface area contributed by atoms with E-state index in [4.69, 9.17) is 32.7 Å². The lowest BCUT2D eigenvalue weighted by atomic mass is 10.2. The summed E-state index contributed by atoms with van der Waals surface area (Å²) in [5.41, 5.74) is 1.37. The average molecular weight is 393 g/mol. The van der Waals surface area contributed by atoms with Gasteiger partial charge < -0.3 is 9.52 Å². The number of hydrogen-bond acceptors (Lipinski definition) is 5. The Morgan fingerprint density at radius 1 is 1.20 bits per heavy atom. The van der Waals surface area contributed by atoms with Gasteiger partial charge in [0.15, 0.2) is 11.5 Å². The van der Waals surface area contributed by atoms with Crippen molar-refractivity contribution in [1.29, 1.82) is 0 Å². The molecule has 1 aromatic carbocycles. The Bertz CT molecular complexity index is 954. The molecule has 0 atom stereocenters. The summed E-state index contributed by atoms with van der Waals surface area (Å²) in [6, 6.07) is 8.64. The number of rotatable bonds is 3. The molecule has 0 unspecified atom stereocenters. The van der Waals surface area contributed by atoms with E-state index in [1.165, 1.54) is 0 Å². The molecule has 0 saturated carbocycles. The van der Waals surface area contributed by atoms with Crippen LogP contribution in [0.25, 0.3) is 0 Å². The summed E-state index contributed by atoms with van der Waals surface area (Å²) in [6.07, 6.45) is 0.450. The van der Waals surface area contributed by atoms with Crippen molar-refractivity contribution in [3.63, 3.8) is 0 Å². The van der Waals surface area contributed by atoms with Crippen LogP contribution in [-0.4, -0.2) is 27.6 Å². The number of thioether (sulfide) groups is 1. The Kier molecular flexibility index (Phi) is 5.49. The molecule has 25 heavy (non-hydrogen) atoms. The highest BCUT2D eigenvalue weighted by molar-refractivity contribution is 8.14. The van der Waals surface area contributed by atoms with E-state index in [0.717, 1.165) is 17.3 Å². The predicted octanol–water partition coefficient (Wildman–Crippen LogP) is 4.31. The van der Waals surface area contributed by atoms with E-state index in [0.29, 0.717) is 38.7 Å². The van der Waals surface area contributed by atoms with Gasteiger partial charge >= 0.3 is 5.97 Å². The zero-order valence-corrected chi connectivity index (χ0v) is 15.0. The van der Waals surface area contributed by atoms with Crippen LogP contribution in [0, 0.1) is 11.8 Å². The Hall–Kier alpha value is -2.20. The van der Waals surface area contributed by atoms with Crippen molar-refractivity contribution in [1.82, 2.24) is 0 Å². The Morgan fingerprint density at radius 2 is 2.04 bits per heavy atom. The second-order valence-electron chi connectivity index (χ2n) is 4.94.